The maximum Gasteiger partial charge on any atom is 0.0991 e. The monoisotopic (exact) mass is 367 g/mol. The van der Waals surface area contributed by atoms with Gasteiger partial charge in [0.25, 0.3) is 0 Å². The second kappa shape index (κ2) is 19.4. The number of allylic oxidation sites excluding steroid dienone is 2. The Kier molecular flexibility index (Phi) is 17.6. The van der Waals surface area contributed by atoms with Gasteiger partial charge in [0.15, 0.2) is 0 Å². The molecule has 0 unspecified atom stereocenters. The van der Waals surface area contributed by atoms with Crippen LogP contribution < -0.4 is 0 Å². The molecule has 1 aliphatic heterocycles. The smallest absolute Gasteiger partial charge is 0.0991 e. The maximum absolute atomic E-state index is 5.75. The fourth-order valence-electron chi connectivity index (χ4n) is 3.38. The second-order valence-electron chi connectivity index (χ2n) is 7.71. The number of ether oxygens (including phenoxy) is 2. The number of hydrogen-bond donors (Lipinski definition) is 0. The van der Waals surface area contributed by atoms with Gasteiger partial charge in [0.05, 0.1) is 19.9 Å². The Bertz CT molecular complexity index is 301. The van der Waals surface area contributed by atoms with E-state index in [-0.39, 0.29) is 0 Å². The summed E-state index contributed by atoms with van der Waals surface area (Å²) < 4.78 is 11.1. The van der Waals surface area contributed by atoms with E-state index < -0.39 is 0 Å². The van der Waals surface area contributed by atoms with E-state index >= 15 is 0 Å². The van der Waals surface area contributed by atoms with Crippen LogP contribution in [0.1, 0.15) is 96.8 Å². The van der Waals surface area contributed by atoms with E-state index in [1.54, 1.807) is 0 Å². The predicted molar refractivity (Wildman–Crippen MR) is 113 cm³/mol. The molecule has 0 aromatic heterocycles. The van der Waals surface area contributed by atoms with Crippen molar-refractivity contribution in [1.82, 2.24) is 4.90 Å². The molecule has 0 aromatic rings. The fraction of sp³-hybridized carbons (Fsp3) is 0.913. The highest BCUT2D eigenvalue weighted by atomic mass is 16.5. The zero-order chi connectivity index (χ0) is 18.5. The van der Waals surface area contributed by atoms with Gasteiger partial charge in [0.1, 0.15) is 0 Å². The Morgan fingerprint density at radius 3 is 1.88 bits per heavy atom. The van der Waals surface area contributed by atoms with E-state index in [0.717, 1.165) is 39.6 Å². The molecule has 0 N–H and O–H groups in total. The number of nitrogens with zero attached hydrogens (tertiary/aromatic N) is 1. The summed E-state index contributed by atoms with van der Waals surface area (Å²) in [7, 11) is 0. The first-order valence-corrected chi connectivity index (χ1v) is 11.5. The zero-order valence-corrected chi connectivity index (χ0v) is 17.6. The molecule has 0 bridgehead atoms. The van der Waals surface area contributed by atoms with Crippen molar-refractivity contribution in [3.63, 3.8) is 0 Å². The quantitative estimate of drug-likeness (QED) is 0.209. The summed E-state index contributed by atoms with van der Waals surface area (Å²) in [5.74, 6) is 0. The Morgan fingerprint density at radius 2 is 1.27 bits per heavy atom. The molecule has 1 heterocycles. The molecular formula is C23H45NO2. The van der Waals surface area contributed by atoms with Gasteiger partial charge in [-0.15, -0.1) is 0 Å². The Balaban J connectivity index is 1.69. The molecule has 3 nitrogen and oxygen atoms in total. The van der Waals surface area contributed by atoms with E-state index in [1.165, 1.54) is 89.9 Å². The second-order valence-corrected chi connectivity index (χ2v) is 7.71. The maximum atomic E-state index is 5.75. The van der Waals surface area contributed by atoms with Crippen LogP contribution in [0.2, 0.25) is 0 Å². The SMILES string of the molecule is CCCCCCCC/C=C\CCCCCCCCOCN1CCOCC1. The lowest BCUT2D eigenvalue weighted by atomic mass is 10.1. The van der Waals surface area contributed by atoms with Crippen LogP contribution in [0.5, 0.6) is 0 Å². The minimum absolute atomic E-state index is 0.786. The van der Waals surface area contributed by atoms with Crippen LogP contribution in [0.15, 0.2) is 12.2 Å². The standard InChI is InChI=1S/C23H45NO2/c1-2-3-4-5-6-7-8-9-10-11-12-13-14-15-16-17-20-26-23-24-18-21-25-22-19-24/h9-10H,2-8,11-23H2,1H3/b10-9-. The lowest BCUT2D eigenvalue weighted by molar-refractivity contribution is -0.0333. The van der Waals surface area contributed by atoms with Gasteiger partial charge in [0.2, 0.25) is 0 Å². The summed E-state index contributed by atoms with van der Waals surface area (Å²) in [5.41, 5.74) is 0. The van der Waals surface area contributed by atoms with Crippen LogP contribution in [-0.2, 0) is 9.47 Å². The Morgan fingerprint density at radius 1 is 0.731 bits per heavy atom. The van der Waals surface area contributed by atoms with Crippen LogP contribution in [0, 0.1) is 0 Å². The molecule has 0 radical (unpaired) electrons. The van der Waals surface area contributed by atoms with Gasteiger partial charge in [-0.2, -0.15) is 0 Å². The largest absolute Gasteiger partial charge is 0.379 e. The Labute approximate surface area is 163 Å². The third-order valence-electron chi connectivity index (χ3n) is 5.18. The van der Waals surface area contributed by atoms with Crippen LogP contribution in [0.25, 0.3) is 0 Å². The first-order chi connectivity index (χ1) is 12.9. The number of morpholine rings is 1. The lowest BCUT2D eigenvalue weighted by Crippen LogP contribution is -2.37. The van der Waals surface area contributed by atoms with Crippen molar-refractivity contribution in [3.05, 3.63) is 12.2 Å². The normalized spacial score (nSPS) is 15.9. The van der Waals surface area contributed by atoms with Gasteiger partial charge in [-0.25, -0.2) is 0 Å². The molecule has 0 atom stereocenters. The molecule has 1 saturated heterocycles. The summed E-state index contributed by atoms with van der Waals surface area (Å²) in [6.45, 7) is 7.74. The van der Waals surface area contributed by atoms with Crippen molar-refractivity contribution in [2.24, 2.45) is 0 Å². The highest BCUT2D eigenvalue weighted by Crippen LogP contribution is 2.10. The van der Waals surface area contributed by atoms with Crippen molar-refractivity contribution >= 4 is 0 Å². The average Bonchev–Trinajstić information content (AvgIpc) is 2.68. The van der Waals surface area contributed by atoms with Crippen LogP contribution in [0.3, 0.4) is 0 Å². The van der Waals surface area contributed by atoms with Crippen molar-refractivity contribution < 1.29 is 9.47 Å². The van der Waals surface area contributed by atoms with Gasteiger partial charge in [-0.05, 0) is 32.1 Å². The van der Waals surface area contributed by atoms with Crippen molar-refractivity contribution in [1.29, 1.82) is 0 Å². The van der Waals surface area contributed by atoms with Crippen LogP contribution >= 0.6 is 0 Å². The Hall–Kier alpha value is -0.380. The van der Waals surface area contributed by atoms with E-state index in [2.05, 4.69) is 24.0 Å². The minimum Gasteiger partial charge on any atom is -0.379 e. The van der Waals surface area contributed by atoms with E-state index in [0.29, 0.717) is 0 Å². The molecule has 0 aromatic carbocycles. The summed E-state index contributed by atoms with van der Waals surface area (Å²) in [5, 5.41) is 0. The van der Waals surface area contributed by atoms with E-state index in [9.17, 15) is 0 Å². The summed E-state index contributed by atoms with van der Waals surface area (Å²) >= 11 is 0. The average molecular weight is 368 g/mol. The molecule has 3 heteroatoms. The lowest BCUT2D eigenvalue weighted by Gasteiger charge is -2.26. The zero-order valence-electron chi connectivity index (χ0n) is 17.6. The van der Waals surface area contributed by atoms with Gasteiger partial charge in [-0.1, -0.05) is 76.9 Å². The van der Waals surface area contributed by atoms with Crippen molar-refractivity contribution in [2.45, 2.75) is 96.8 Å². The molecule has 0 amide bonds. The fourth-order valence-corrected chi connectivity index (χ4v) is 3.38. The van der Waals surface area contributed by atoms with Crippen molar-refractivity contribution in [3.8, 4) is 0 Å². The van der Waals surface area contributed by atoms with Gasteiger partial charge >= 0.3 is 0 Å². The third kappa shape index (κ3) is 15.8. The first-order valence-electron chi connectivity index (χ1n) is 11.5. The number of unbranched alkanes of at least 4 members (excludes halogenated alkanes) is 12. The van der Waals surface area contributed by atoms with E-state index in [1.807, 2.05) is 0 Å². The highest BCUT2D eigenvalue weighted by Gasteiger charge is 2.09. The molecule has 1 aliphatic rings. The van der Waals surface area contributed by atoms with Crippen LogP contribution in [0.4, 0.5) is 0 Å². The van der Waals surface area contributed by atoms with Gasteiger partial charge in [0, 0.05) is 19.7 Å². The van der Waals surface area contributed by atoms with Gasteiger partial charge in [-0.3, -0.25) is 4.90 Å². The number of hydrogen-bond acceptors (Lipinski definition) is 3. The predicted octanol–water partition coefficient (Wildman–Crippen LogP) is 6.33. The molecule has 1 fully saturated rings. The molecule has 0 saturated carbocycles. The van der Waals surface area contributed by atoms with Crippen molar-refractivity contribution in [2.75, 3.05) is 39.6 Å². The summed E-state index contributed by atoms with van der Waals surface area (Å²) in [6.07, 6.45) is 23.8. The summed E-state index contributed by atoms with van der Waals surface area (Å²) in [6, 6.07) is 0. The topological polar surface area (TPSA) is 21.7 Å². The molecule has 1 rings (SSSR count). The first kappa shape index (κ1) is 23.7. The molecule has 0 spiro atoms. The molecule has 26 heavy (non-hydrogen) atoms. The molecule has 154 valence electrons. The van der Waals surface area contributed by atoms with Gasteiger partial charge < -0.3 is 9.47 Å². The third-order valence-corrected chi connectivity index (χ3v) is 5.18. The summed E-state index contributed by atoms with van der Waals surface area (Å²) in [4.78, 5) is 2.34. The number of rotatable bonds is 18. The highest BCUT2D eigenvalue weighted by molar-refractivity contribution is 4.81. The molecular weight excluding hydrogens is 322 g/mol. The minimum atomic E-state index is 0.786. The molecule has 0 aliphatic carbocycles. The van der Waals surface area contributed by atoms with Crippen LogP contribution in [-0.4, -0.2) is 44.5 Å². The van der Waals surface area contributed by atoms with E-state index in [4.69, 9.17) is 9.47 Å².